The second-order valence-electron chi connectivity index (χ2n) is 9.36. The number of ether oxygens (including phenoxy) is 1. The molecule has 1 fully saturated rings. The predicted octanol–water partition coefficient (Wildman–Crippen LogP) is 5.52. The van der Waals surface area contributed by atoms with Gasteiger partial charge < -0.3 is 15.4 Å². The number of pyridine rings is 1. The fraction of sp³-hybridized carbons (Fsp3) is 0.346. The van der Waals surface area contributed by atoms with E-state index in [0.29, 0.717) is 36.9 Å². The molecule has 6 rings (SSSR count). The number of hydrogen-bond acceptors (Lipinski definition) is 6. The minimum atomic E-state index is -0.578. The van der Waals surface area contributed by atoms with Gasteiger partial charge in [0.15, 0.2) is 0 Å². The standard InChI is InChI=1S/C26H25FN4O2S/c1-13-24-19(12-33-13)17-8-18(20(27)9-22(17)30-25(24)28)26(32)31(10-15-3-4-15)11-16-5-6-21-23(7-16)34-14(2)29-21/h5-9,13,15H,3-4,10-12H2,1-2H3,(H2,28,30)/t13-/m1/s1. The number of hydrogen-bond donors (Lipinski definition) is 1. The van der Waals surface area contributed by atoms with Crippen LogP contribution in [0, 0.1) is 18.7 Å². The van der Waals surface area contributed by atoms with Gasteiger partial charge in [0.2, 0.25) is 0 Å². The van der Waals surface area contributed by atoms with Crippen LogP contribution in [0.5, 0.6) is 0 Å². The fourth-order valence-corrected chi connectivity index (χ4v) is 5.75. The zero-order chi connectivity index (χ0) is 23.6. The maximum absolute atomic E-state index is 15.2. The summed E-state index contributed by atoms with van der Waals surface area (Å²) in [5.41, 5.74) is 10.3. The van der Waals surface area contributed by atoms with Crippen molar-refractivity contribution in [3.8, 4) is 0 Å². The summed E-state index contributed by atoms with van der Waals surface area (Å²) >= 11 is 1.64. The fourth-order valence-electron chi connectivity index (χ4n) is 4.86. The zero-order valence-corrected chi connectivity index (χ0v) is 19.9. The van der Waals surface area contributed by atoms with Crippen LogP contribution in [-0.4, -0.2) is 27.3 Å². The van der Waals surface area contributed by atoms with Gasteiger partial charge in [-0.2, -0.15) is 0 Å². The van der Waals surface area contributed by atoms with Crippen LogP contribution in [0.3, 0.4) is 0 Å². The van der Waals surface area contributed by atoms with Crippen LogP contribution in [0.2, 0.25) is 0 Å². The lowest BCUT2D eigenvalue weighted by atomic mass is 9.99. The quantitative estimate of drug-likeness (QED) is 0.410. The van der Waals surface area contributed by atoms with E-state index in [0.717, 1.165) is 50.1 Å². The highest BCUT2D eigenvalue weighted by atomic mass is 32.1. The van der Waals surface area contributed by atoms with Crippen molar-refractivity contribution in [3.63, 3.8) is 0 Å². The van der Waals surface area contributed by atoms with E-state index in [1.165, 1.54) is 6.07 Å². The topological polar surface area (TPSA) is 81.3 Å². The van der Waals surface area contributed by atoms with Gasteiger partial charge in [0.1, 0.15) is 11.6 Å². The van der Waals surface area contributed by atoms with Gasteiger partial charge in [-0.25, -0.2) is 14.4 Å². The molecular formula is C26H25FN4O2S. The van der Waals surface area contributed by atoms with Crippen molar-refractivity contribution in [1.82, 2.24) is 14.9 Å². The van der Waals surface area contributed by atoms with E-state index in [2.05, 4.69) is 16.0 Å². The first-order chi connectivity index (χ1) is 16.4. The number of carbonyl (C=O) groups excluding carboxylic acids is 1. The molecule has 2 aromatic carbocycles. The Hall–Kier alpha value is -3.10. The summed E-state index contributed by atoms with van der Waals surface area (Å²) in [6.45, 7) is 5.33. The lowest BCUT2D eigenvalue weighted by Gasteiger charge is -2.23. The van der Waals surface area contributed by atoms with Crippen LogP contribution < -0.4 is 5.73 Å². The lowest BCUT2D eigenvalue weighted by molar-refractivity contribution is 0.0730. The third-order valence-corrected chi connectivity index (χ3v) is 7.70. The summed E-state index contributed by atoms with van der Waals surface area (Å²) in [7, 11) is 0. The number of aryl methyl sites for hydroxylation is 1. The third kappa shape index (κ3) is 3.71. The molecule has 4 aromatic rings. The van der Waals surface area contributed by atoms with Gasteiger partial charge in [-0.15, -0.1) is 11.3 Å². The highest BCUT2D eigenvalue weighted by Gasteiger charge is 2.30. The zero-order valence-electron chi connectivity index (χ0n) is 19.1. The van der Waals surface area contributed by atoms with Crippen LogP contribution in [0.15, 0.2) is 30.3 Å². The number of amides is 1. The number of nitrogens with two attached hydrogens (primary N) is 1. The van der Waals surface area contributed by atoms with Gasteiger partial charge in [0.25, 0.3) is 5.91 Å². The monoisotopic (exact) mass is 476 g/mol. The van der Waals surface area contributed by atoms with Crippen LogP contribution in [0.25, 0.3) is 21.1 Å². The molecule has 174 valence electrons. The first-order valence-corrected chi connectivity index (χ1v) is 12.4. The third-order valence-electron chi connectivity index (χ3n) is 6.76. The molecule has 0 unspecified atom stereocenters. The molecule has 34 heavy (non-hydrogen) atoms. The summed E-state index contributed by atoms with van der Waals surface area (Å²) in [6, 6.07) is 9.04. The maximum Gasteiger partial charge on any atom is 0.257 e. The first kappa shape index (κ1) is 21.4. The molecule has 1 amide bonds. The van der Waals surface area contributed by atoms with Gasteiger partial charge in [-0.1, -0.05) is 6.07 Å². The second-order valence-corrected chi connectivity index (χ2v) is 10.6. The SMILES string of the molecule is Cc1nc2ccc(CN(CC3CC3)C(=O)c3cc4c5c(c(N)nc4cc3F)[C@@H](C)OC5)cc2s1. The molecule has 2 N–H and O–H groups in total. The van der Waals surface area contributed by atoms with Gasteiger partial charge in [0.05, 0.1) is 39.0 Å². The summed E-state index contributed by atoms with van der Waals surface area (Å²) in [5, 5.41) is 1.74. The maximum atomic E-state index is 15.2. The minimum Gasteiger partial charge on any atom is -0.383 e. The van der Waals surface area contributed by atoms with Gasteiger partial charge >= 0.3 is 0 Å². The second kappa shape index (κ2) is 7.99. The molecule has 1 atom stereocenters. The molecule has 0 spiro atoms. The van der Waals surface area contributed by atoms with Crippen molar-refractivity contribution in [3.05, 3.63) is 63.4 Å². The van der Waals surface area contributed by atoms with E-state index in [9.17, 15) is 4.79 Å². The Bertz CT molecular complexity index is 1460. The number of fused-ring (bicyclic) bond motifs is 4. The van der Waals surface area contributed by atoms with Crippen molar-refractivity contribution in [2.75, 3.05) is 12.3 Å². The molecule has 3 heterocycles. The number of thiazole rings is 1. The van der Waals surface area contributed by atoms with Crippen molar-refractivity contribution >= 4 is 44.2 Å². The molecule has 0 radical (unpaired) electrons. The Balaban J connectivity index is 1.38. The Morgan fingerprint density at radius 1 is 1.24 bits per heavy atom. The van der Waals surface area contributed by atoms with E-state index in [4.69, 9.17) is 10.5 Å². The van der Waals surface area contributed by atoms with Crippen LogP contribution in [-0.2, 0) is 17.9 Å². The molecule has 8 heteroatoms. The number of aromatic nitrogens is 2. The summed E-state index contributed by atoms with van der Waals surface area (Å²) < 4.78 is 22.1. The summed E-state index contributed by atoms with van der Waals surface area (Å²) in [5.74, 6) is -0.0492. The Morgan fingerprint density at radius 2 is 2.06 bits per heavy atom. The Morgan fingerprint density at radius 3 is 2.85 bits per heavy atom. The Labute approximate surface area is 200 Å². The van der Waals surface area contributed by atoms with Crippen molar-refractivity contribution in [2.45, 2.75) is 45.9 Å². The molecular weight excluding hydrogens is 451 g/mol. The van der Waals surface area contributed by atoms with E-state index in [1.807, 2.05) is 26.0 Å². The molecule has 1 saturated carbocycles. The first-order valence-electron chi connectivity index (χ1n) is 11.6. The Kier molecular flexibility index (Phi) is 5.04. The average Bonchev–Trinajstić information content (AvgIpc) is 3.41. The molecule has 6 nitrogen and oxygen atoms in total. The van der Waals surface area contributed by atoms with Crippen molar-refractivity contribution in [2.24, 2.45) is 5.92 Å². The number of carbonyl (C=O) groups is 1. The van der Waals surface area contributed by atoms with Gasteiger partial charge in [-0.3, -0.25) is 4.79 Å². The van der Waals surface area contributed by atoms with Crippen molar-refractivity contribution < 1.29 is 13.9 Å². The molecule has 2 aromatic heterocycles. The average molecular weight is 477 g/mol. The summed E-state index contributed by atoms with van der Waals surface area (Å²) in [6.07, 6.45) is 2.03. The molecule has 1 aliphatic carbocycles. The minimum absolute atomic E-state index is 0.0659. The van der Waals surface area contributed by atoms with E-state index < -0.39 is 5.82 Å². The van der Waals surface area contributed by atoms with Crippen LogP contribution in [0.1, 0.15) is 57.9 Å². The predicted molar refractivity (Wildman–Crippen MR) is 131 cm³/mol. The number of halogens is 1. The van der Waals surface area contributed by atoms with E-state index in [1.54, 1.807) is 22.3 Å². The van der Waals surface area contributed by atoms with Gasteiger partial charge in [0, 0.05) is 30.1 Å². The molecule has 2 aliphatic rings. The van der Waals surface area contributed by atoms with E-state index >= 15 is 4.39 Å². The number of benzene rings is 2. The summed E-state index contributed by atoms with van der Waals surface area (Å²) in [4.78, 5) is 24.4. The smallest absolute Gasteiger partial charge is 0.257 e. The lowest BCUT2D eigenvalue weighted by Crippen LogP contribution is -2.33. The molecule has 0 bridgehead atoms. The number of rotatable bonds is 5. The highest BCUT2D eigenvalue weighted by Crippen LogP contribution is 2.39. The number of nitrogen functional groups attached to an aromatic ring is 1. The largest absolute Gasteiger partial charge is 0.383 e. The van der Waals surface area contributed by atoms with Crippen molar-refractivity contribution in [1.29, 1.82) is 0 Å². The number of anilines is 1. The molecule has 0 saturated heterocycles. The van der Waals surface area contributed by atoms with Crippen LogP contribution in [0.4, 0.5) is 10.2 Å². The van der Waals surface area contributed by atoms with E-state index in [-0.39, 0.29) is 17.6 Å². The normalized spacial score (nSPS) is 17.4. The van der Waals surface area contributed by atoms with Crippen LogP contribution >= 0.6 is 11.3 Å². The number of nitrogens with zero attached hydrogens (tertiary/aromatic N) is 3. The molecule has 1 aliphatic heterocycles. The van der Waals surface area contributed by atoms with Gasteiger partial charge in [-0.05, 0) is 61.9 Å². The highest BCUT2D eigenvalue weighted by molar-refractivity contribution is 7.18.